The Hall–Kier alpha value is -0.990. The highest BCUT2D eigenvalue weighted by atomic mass is 35.5. The number of rotatable bonds is 6. The molecule has 98 valence electrons. The number of aromatic amines is 1. The van der Waals surface area contributed by atoms with Gasteiger partial charge in [0.25, 0.3) is 0 Å². The molecule has 2 rings (SSSR count). The number of nitrogens with zero attached hydrogens (tertiary/aromatic N) is 1. The van der Waals surface area contributed by atoms with Gasteiger partial charge in [-0.05, 0) is 43.6 Å². The van der Waals surface area contributed by atoms with E-state index in [-0.39, 0.29) is 0 Å². The van der Waals surface area contributed by atoms with Crippen LogP contribution in [0.3, 0.4) is 0 Å². The molecule has 2 aromatic rings. The molecule has 0 fully saturated rings. The molecule has 0 aliphatic rings. The van der Waals surface area contributed by atoms with E-state index in [1.807, 2.05) is 12.1 Å². The van der Waals surface area contributed by atoms with Gasteiger partial charge in [-0.1, -0.05) is 31.5 Å². The first-order valence-corrected chi connectivity index (χ1v) is 7.10. The number of fused-ring (bicyclic) bond motifs is 1. The number of hydrogen-bond donors (Lipinski definition) is 1. The van der Waals surface area contributed by atoms with Crippen LogP contribution in [-0.4, -0.2) is 29.5 Å². The van der Waals surface area contributed by atoms with E-state index in [0.717, 1.165) is 30.0 Å². The zero-order valence-electron chi connectivity index (χ0n) is 11.2. The molecule has 3 heteroatoms. The van der Waals surface area contributed by atoms with Crippen molar-refractivity contribution in [2.24, 2.45) is 0 Å². The average Bonchev–Trinajstić information content (AvgIpc) is 2.79. The minimum absolute atomic E-state index is 0.849. The third-order valence-electron chi connectivity index (χ3n) is 3.42. The molecule has 2 nitrogen and oxygen atoms in total. The van der Waals surface area contributed by atoms with Crippen LogP contribution in [0.1, 0.15) is 25.8 Å². The van der Waals surface area contributed by atoms with Crippen LogP contribution in [0, 0.1) is 0 Å². The van der Waals surface area contributed by atoms with E-state index < -0.39 is 0 Å². The number of likely N-dealkylation sites (N-methyl/N-ethyl adjacent to an activating group) is 1. The Morgan fingerprint density at radius 2 is 2.06 bits per heavy atom. The lowest BCUT2D eigenvalue weighted by Crippen LogP contribution is -2.26. The monoisotopic (exact) mass is 264 g/mol. The summed E-state index contributed by atoms with van der Waals surface area (Å²) in [6, 6.07) is 6.03. The summed E-state index contributed by atoms with van der Waals surface area (Å²) >= 11 is 6.28. The van der Waals surface area contributed by atoms with Crippen molar-refractivity contribution in [3.63, 3.8) is 0 Å². The van der Waals surface area contributed by atoms with Gasteiger partial charge < -0.3 is 9.88 Å². The van der Waals surface area contributed by atoms with E-state index in [1.165, 1.54) is 23.9 Å². The largest absolute Gasteiger partial charge is 0.361 e. The number of halogens is 1. The highest BCUT2D eigenvalue weighted by Gasteiger charge is 2.08. The van der Waals surface area contributed by atoms with Gasteiger partial charge in [0.2, 0.25) is 0 Å². The fraction of sp³-hybridized carbons (Fsp3) is 0.467. The molecule has 0 saturated heterocycles. The summed E-state index contributed by atoms with van der Waals surface area (Å²) in [5, 5.41) is 2.04. The predicted octanol–water partition coefficient (Wildman–Crippen LogP) is 4.10. The predicted molar refractivity (Wildman–Crippen MR) is 79.4 cm³/mol. The van der Waals surface area contributed by atoms with Gasteiger partial charge in [-0.25, -0.2) is 0 Å². The molecule has 0 bridgehead atoms. The average molecular weight is 265 g/mol. The van der Waals surface area contributed by atoms with Crippen LogP contribution in [0.4, 0.5) is 0 Å². The molecule has 0 saturated carbocycles. The Balaban J connectivity index is 2.12. The lowest BCUT2D eigenvalue weighted by molar-refractivity contribution is 0.293. The Labute approximate surface area is 114 Å². The van der Waals surface area contributed by atoms with E-state index in [2.05, 4.69) is 36.0 Å². The first-order chi connectivity index (χ1) is 8.76. The quantitative estimate of drug-likeness (QED) is 0.832. The Morgan fingerprint density at radius 1 is 1.22 bits per heavy atom. The molecule has 0 spiro atoms. The highest BCUT2D eigenvalue weighted by molar-refractivity contribution is 6.35. The highest BCUT2D eigenvalue weighted by Crippen LogP contribution is 2.26. The maximum Gasteiger partial charge on any atom is 0.0502 e. The first-order valence-electron chi connectivity index (χ1n) is 6.73. The summed E-state index contributed by atoms with van der Waals surface area (Å²) in [5.74, 6) is 0. The molecule has 0 atom stereocenters. The molecular formula is C15H21ClN2. The van der Waals surface area contributed by atoms with E-state index in [1.54, 1.807) is 0 Å². The summed E-state index contributed by atoms with van der Waals surface area (Å²) in [6.45, 7) is 7.84. The summed E-state index contributed by atoms with van der Waals surface area (Å²) in [4.78, 5) is 5.78. The van der Waals surface area contributed by atoms with Crippen molar-refractivity contribution in [1.82, 2.24) is 9.88 Å². The number of H-pyrrole nitrogens is 1. The zero-order chi connectivity index (χ0) is 13.0. The maximum absolute atomic E-state index is 6.28. The lowest BCUT2D eigenvalue weighted by Gasteiger charge is -2.19. The third kappa shape index (κ3) is 2.88. The van der Waals surface area contributed by atoms with Gasteiger partial charge in [-0.3, -0.25) is 0 Å². The Bertz CT molecular complexity index is 504. The van der Waals surface area contributed by atoms with Gasteiger partial charge in [0.05, 0.1) is 5.02 Å². The second-order valence-electron chi connectivity index (χ2n) is 4.66. The van der Waals surface area contributed by atoms with Crippen molar-refractivity contribution in [1.29, 1.82) is 0 Å². The van der Waals surface area contributed by atoms with Crippen LogP contribution in [0.25, 0.3) is 10.9 Å². The van der Waals surface area contributed by atoms with Crippen LogP contribution in [0.15, 0.2) is 24.4 Å². The topological polar surface area (TPSA) is 19.0 Å². The normalized spacial score (nSPS) is 11.6. The summed E-state index contributed by atoms with van der Waals surface area (Å²) < 4.78 is 0. The number of nitrogens with one attached hydrogen (secondary N) is 1. The van der Waals surface area contributed by atoms with Crippen LogP contribution in [0.5, 0.6) is 0 Å². The van der Waals surface area contributed by atoms with Gasteiger partial charge in [0, 0.05) is 23.6 Å². The van der Waals surface area contributed by atoms with Crippen LogP contribution < -0.4 is 0 Å². The molecule has 0 unspecified atom stereocenters. The van der Waals surface area contributed by atoms with Crippen molar-refractivity contribution in [2.75, 3.05) is 19.6 Å². The number of aromatic nitrogens is 1. The van der Waals surface area contributed by atoms with E-state index in [4.69, 9.17) is 11.6 Å². The molecule has 0 aliphatic carbocycles. The molecule has 1 N–H and O–H groups in total. The fourth-order valence-corrected chi connectivity index (χ4v) is 2.72. The molecule has 0 amide bonds. The minimum Gasteiger partial charge on any atom is -0.361 e. The second-order valence-corrected chi connectivity index (χ2v) is 5.07. The van der Waals surface area contributed by atoms with E-state index >= 15 is 0 Å². The van der Waals surface area contributed by atoms with Crippen molar-refractivity contribution in [3.8, 4) is 0 Å². The summed E-state index contributed by atoms with van der Waals surface area (Å²) in [5.41, 5.74) is 2.46. The SMILES string of the molecule is CCCN(CC)CCc1c[nH]c2cccc(Cl)c12. The van der Waals surface area contributed by atoms with Gasteiger partial charge in [-0.2, -0.15) is 0 Å². The molecule has 1 aromatic heterocycles. The third-order valence-corrected chi connectivity index (χ3v) is 3.74. The summed E-state index contributed by atoms with van der Waals surface area (Å²) in [6.07, 6.45) is 4.36. The van der Waals surface area contributed by atoms with Crippen molar-refractivity contribution < 1.29 is 0 Å². The van der Waals surface area contributed by atoms with Crippen LogP contribution in [-0.2, 0) is 6.42 Å². The van der Waals surface area contributed by atoms with E-state index in [9.17, 15) is 0 Å². The Morgan fingerprint density at radius 3 is 2.78 bits per heavy atom. The first kappa shape index (κ1) is 13.4. The standard InChI is InChI=1S/C15H21ClN2/c1-3-9-18(4-2)10-8-12-11-17-14-7-5-6-13(16)15(12)14/h5-7,11,17H,3-4,8-10H2,1-2H3. The van der Waals surface area contributed by atoms with E-state index in [0.29, 0.717) is 0 Å². The number of hydrogen-bond acceptors (Lipinski definition) is 1. The van der Waals surface area contributed by atoms with Crippen molar-refractivity contribution >= 4 is 22.5 Å². The van der Waals surface area contributed by atoms with Gasteiger partial charge in [-0.15, -0.1) is 0 Å². The molecule has 0 aliphatic heterocycles. The molecule has 1 heterocycles. The smallest absolute Gasteiger partial charge is 0.0502 e. The lowest BCUT2D eigenvalue weighted by atomic mass is 10.1. The van der Waals surface area contributed by atoms with Crippen LogP contribution in [0.2, 0.25) is 5.02 Å². The summed E-state index contributed by atoms with van der Waals surface area (Å²) in [7, 11) is 0. The van der Waals surface area contributed by atoms with Crippen molar-refractivity contribution in [3.05, 3.63) is 35.0 Å². The van der Waals surface area contributed by atoms with Crippen molar-refractivity contribution in [2.45, 2.75) is 26.7 Å². The fourth-order valence-electron chi connectivity index (χ4n) is 2.43. The molecule has 0 radical (unpaired) electrons. The second kappa shape index (κ2) is 6.26. The zero-order valence-corrected chi connectivity index (χ0v) is 11.9. The molecule has 18 heavy (non-hydrogen) atoms. The minimum atomic E-state index is 0.849. The molecule has 1 aromatic carbocycles. The van der Waals surface area contributed by atoms with Crippen LogP contribution >= 0.6 is 11.6 Å². The van der Waals surface area contributed by atoms with Gasteiger partial charge >= 0.3 is 0 Å². The molecular weight excluding hydrogens is 244 g/mol. The Kier molecular flexibility index (Phi) is 4.67. The van der Waals surface area contributed by atoms with Gasteiger partial charge in [0.15, 0.2) is 0 Å². The van der Waals surface area contributed by atoms with Gasteiger partial charge in [0.1, 0.15) is 0 Å². The maximum atomic E-state index is 6.28. The number of benzene rings is 1.